The molecule has 1 saturated carbocycles. The first-order chi connectivity index (χ1) is 9.55. The number of likely N-dealkylation sites (tertiary alicyclic amines) is 1. The summed E-state index contributed by atoms with van der Waals surface area (Å²) in [6, 6.07) is 0. The third kappa shape index (κ3) is 3.73. The van der Waals surface area contributed by atoms with Crippen LogP contribution in [0.5, 0.6) is 0 Å². The highest BCUT2D eigenvalue weighted by Gasteiger charge is 2.44. The molecule has 1 aliphatic heterocycles. The average Bonchev–Trinajstić information content (AvgIpc) is 3.00. The van der Waals surface area contributed by atoms with Crippen LogP contribution in [0.15, 0.2) is 0 Å². The zero-order valence-electron chi connectivity index (χ0n) is 12.7. The fourth-order valence-electron chi connectivity index (χ4n) is 4.08. The lowest BCUT2D eigenvalue weighted by atomic mass is 9.83. The molecule has 0 bridgehead atoms. The maximum atomic E-state index is 11.5. The summed E-state index contributed by atoms with van der Waals surface area (Å²) in [5.74, 6) is 0.0274. The molecule has 2 atom stereocenters. The van der Waals surface area contributed by atoms with Gasteiger partial charge in [0.05, 0.1) is 11.5 Å². The quantitative estimate of drug-likeness (QED) is 0.753. The molecular weight excluding hydrogens is 254 g/mol. The van der Waals surface area contributed by atoms with Gasteiger partial charge in [-0.3, -0.25) is 9.69 Å². The number of carbonyl (C=O) groups is 1. The van der Waals surface area contributed by atoms with Gasteiger partial charge in [-0.05, 0) is 31.7 Å². The zero-order valence-corrected chi connectivity index (χ0v) is 12.7. The Balaban J connectivity index is 1.80. The van der Waals surface area contributed by atoms with Gasteiger partial charge >= 0.3 is 5.97 Å². The number of aliphatic hydroxyl groups excluding tert-OH is 1. The second kappa shape index (κ2) is 6.90. The van der Waals surface area contributed by atoms with E-state index in [1.54, 1.807) is 0 Å². The van der Waals surface area contributed by atoms with Gasteiger partial charge in [0, 0.05) is 13.1 Å². The van der Waals surface area contributed by atoms with Crippen LogP contribution in [0.2, 0.25) is 0 Å². The number of aliphatic hydroxyl groups is 1. The highest BCUT2D eigenvalue weighted by atomic mass is 16.4. The standard InChI is InChI=1S/C16H29NO3/c1-2-7-16(15(19)20)8-9-17(12-16)11-14(18)10-13-5-3-4-6-13/h13-14,18H,2-12H2,1H3,(H,19,20). The van der Waals surface area contributed by atoms with E-state index in [1.165, 1.54) is 25.7 Å². The number of aliphatic carboxylic acids is 1. The summed E-state index contributed by atoms with van der Waals surface area (Å²) in [4.78, 5) is 13.7. The first-order valence-corrected chi connectivity index (χ1v) is 8.19. The third-order valence-electron chi connectivity index (χ3n) is 5.16. The van der Waals surface area contributed by atoms with Gasteiger partial charge in [0.15, 0.2) is 0 Å². The molecule has 0 aromatic heterocycles. The van der Waals surface area contributed by atoms with E-state index in [-0.39, 0.29) is 6.10 Å². The first-order valence-electron chi connectivity index (χ1n) is 8.19. The molecule has 2 unspecified atom stereocenters. The third-order valence-corrected chi connectivity index (χ3v) is 5.16. The van der Waals surface area contributed by atoms with Gasteiger partial charge in [0.2, 0.25) is 0 Å². The number of carboxylic acid groups (broad SMARTS) is 1. The van der Waals surface area contributed by atoms with Gasteiger partial charge in [-0.25, -0.2) is 0 Å². The van der Waals surface area contributed by atoms with E-state index in [2.05, 4.69) is 4.90 Å². The molecule has 4 heteroatoms. The molecular formula is C16H29NO3. The lowest BCUT2D eigenvalue weighted by Gasteiger charge is -2.26. The summed E-state index contributed by atoms with van der Waals surface area (Å²) in [6.45, 7) is 4.11. The van der Waals surface area contributed by atoms with Crippen molar-refractivity contribution in [2.24, 2.45) is 11.3 Å². The lowest BCUT2D eigenvalue weighted by molar-refractivity contribution is -0.148. The van der Waals surface area contributed by atoms with Crippen LogP contribution in [0.25, 0.3) is 0 Å². The van der Waals surface area contributed by atoms with Crippen molar-refractivity contribution in [2.75, 3.05) is 19.6 Å². The second-order valence-electron chi connectivity index (χ2n) is 6.86. The van der Waals surface area contributed by atoms with Crippen LogP contribution in [0, 0.1) is 11.3 Å². The molecule has 1 saturated heterocycles. The zero-order chi connectivity index (χ0) is 14.6. The van der Waals surface area contributed by atoms with Crippen molar-refractivity contribution in [3.05, 3.63) is 0 Å². The van der Waals surface area contributed by atoms with Crippen LogP contribution in [-0.4, -0.2) is 46.8 Å². The van der Waals surface area contributed by atoms with Crippen molar-refractivity contribution < 1.29 is 15.0 Å². The van der Waals surface area contributed by atoms with Crippen LogP contribution in [0.4, 0.5) is 0 Å². The van der Waals surface area contributed by atoms with E-state index in [1.807, 2.05) is 6.92 Å². The monoisotopic (exact) mass is 283 g/mol. The number of hydrogen-bond donors (Lipinski definition) is 2. The normalized spacial score (nSPS) is 29.9. The van der Waals surface area contributed by atoms with Crippen molar-refractivity contribution >= 4 is 5.97 Å². The summed E-state index contributed by atoms with van der Waals surface area (Å²) < 4.78 is 0. The van der Waals surface area contributed by atoms with Gasteiger partial charge in [-0.15, -0.1) is 0 Å². The lowest BCUT2D eigenvalue weighted by Crippen LogP contribution is -2.37. The Bertz CT molecular complexity index is 328. The Morgan fingerprint density at radius 1 is 1.40 bits per heavy atom. The maximum absolute atomic E-state index is 11.5. The van der Waals surface area contributed by atoms with E-state index in [9.17, 15) is 15.0 Å². The first kappa shape index (κ1) is 15.8. The molecule has 0 spiro atoms. The van der Waals surface area contributed by atoms with Crippen LogP contribution in [0.3, 0.4) is 0 Å². The largest absolute Gasteiger partial charge is 0.481 e. The highest BCUT2D eigenvalue weighted by molar-refractivity contribution is 5.75. The fourth-order valence-corrected chi connectivity index (χ4v) is 4.08. The van der Waals surface area contributed by atoms with Crippen LogP contribution >= 0.6 is 0 Å². The Kier molecular flexibility index (Phi) is 5.44. The van der Waals surface area contributed by atoms with Crippen molar-refractivity contribution in [3.63, 3.8) is 0 Å². The van der Waals surface area contributed by atoms with E-state index >= 15 is 0 Å². The van der Waals surface area contributed by atoms with Crippen molar-refractivity contribution in [1.82, 2.24) is 4.90 Å². The van der Waals surface area contributed by atoms with E-state index in [0.29, 0.717) is 19.0 Å². The molecule has 20 heavy (non-hydrogen) atoms. The molecule has 116 valence electrons. The van der Waals surface area contributed by atoms with Gasteiger partial charge in [0.25, 0.3) is 0 Å². The minimum absolute atomic E-state index is 0.288. The molecule has 2 N–H and O–H groups in total. The molecule has 1 aliphatic carbocycles. The minimum atomic E-state index is -0.660. The van der Waals surface area contributed by atoms with Gasteiger partial charge in [-0.1, -0.05) is 39.0 Å². The number of nitrogens with zero attached hydrogens (tertiary/aromatic N) is 1. The van der Waals surface area contributed by atoms with E-state index in [0.717, 1.165) is 32.2 Å². The smallest absolute Gasteiger partial charge is 0.310 e. The van der Waals surface area contributed by atoms with Crippen LogP contribution in [-0.2, 0) is 4.79 Å². The molecule has 0 radical (unpaired) electrons. The van der Waals surface area contributed by atoms with Crippen molar-refractivity contribution in [1.29, 1.82) is 0 Å². The predicted octanol–water partition coefficient (Wildman–Crippen LogP) is 2.50. The SMILES string of the molecule is CCCC1(C(=O)O)CCN(CC(O)CC2CCCC2)C1. The maximum Gasteiger partial charge on any atom is 0.310 e. The van der Waals surface area contributed by atoms with Gasteiger partial charge in [0.1, 0.15) is 0 Å². The molecule has 2 aliphatic rings. The Morgan fingerprint density at radius 2 is 2.10 bits per heavy atom. The molecule has 4 nitrogen and oxygen atoms in total. The summed E-state index contributed by atoms with van der Waals surface area (Å²) in [7, 11) is 0. The summed E-state index contributed by atoms with van der Waals surface area (Å²) in [5, 5.41) is 19.7. The van der Waals surface area contributed by atoms with E-state index < -0.39 is 11.4 Å². The number of carboxylic acids is 1. The predicted molar refractivity (Wildman–Crippen MR) is 78.6 cm³/mol. The number of β-amino-alcohol motifs (C(OH)–C–C–N with tert-alkyl or cyclic N) is 1. The molecule has 1 heterocycles. The molecule has 2 rings (SSSR count). The molecule has 2 fully saturated rings. The van der Waals surface area contributed by atoms with E-state index in [4.69, 9.17) is 0 Å². The summed E-state index contributed by atoms with van der Waals surface area (Å²) >= 11 is 0. The Hall–Kier alpha value is -0.610. The number of hydrogen-bond acceptors (Lipinski definition) is 3. The Labute approximate surface area is 122 Å². The van der Waals surface area contributed by atoms with Crippen molar-refractivity contribution in [2.45, 2.75) is 64.4 Å². The van der Waals surface area contributed by atoms with Crippen molar-refractivity contribution in [3.8, 4) is 0 Å². The molecule has 0 amide bonds. The highest BCUT2D eigenvalue weighted by Crippen LogP contribution is 2.36. The topological polar surface area (TPSA) is 60.8 Å². The Morgan fingerprint density at radius 3 is 2.70 bits per heavy atom. The summed E-state index contributed by atoms with van der Waals surface area (Å²) in [6.07, 6.45) is 8.11. The fraction of sp³-hybridized carbons (Fsp3) is 0.938. The molecule has 0 aromatic carbocycles. The van der Waals surface area contributed by atoms with Crippen LogP contribution in [0.1, 0.15) is 58.3 Å². The van der Waals surface area contributed by atoms with Crippen LogP contribution < -0.4 is 0 Å². The van der Waals surface area contributed by atoms with Gasteiger partial charge < -0.3 is 10.2 Å². The molecule has 0 aromatic rings. The minimum Gasteiger partial charge on any atom is -0.481 e. The average molecular weight is 283 g/mol. The summed E-state index contributed by atoms with van der Waals surface area (Å²) in [5.41, 5.74) is -0.568. The second-order valence-corrected chi connectivity index (χ2v) is 6.86. The number of rotatable bonds is 7. The van der Waals surface area contributed by atoms with Gasteiger partial charge in [-0.2, -0.15) is 0 Å².